The van der Waals surface area contributed by atoms with Crippen LogP contribution in [0.3, 0.4) is 0 Å². The van der Waals surface area contributed by atoms with Gasteiger partial charge in [0.2, 0.25) is 0 Å². The van der Waals surface area contributed by atoms with E-state index in [0.29, 0.717) is 6.61 Å². The van der Waals surface area contributed by atoms with Gasteiger partial charge in [-0.2, -0.15) is 0 Å². The molecule has 0 aliphatic carbocycles. The molecule has 0 aliphatic heterocycles. The Hall–Kier alpha value is -0.240. The number of methoxy groups -OCH3 is 1. The Labute approximate surface area is 108 Å². The fourth-order valence-corrected chi connectivity index (χ4v) is 1.94. The first-order valence-electron chi connectivity index (χ1n) is 6.23. The molecule has 3 unspecified atom stereocenters. The molecule has 6 nitrogen and oxygen atoms in total. The molecule has 0 amide bonds. The molecule has 3 atom stereocenters. The fraction of sp³-hybridized carbons (Fsp3) is 1.00. The zero-order valence-corrected chi connectivity index (χ0v) is 11.2. The second kappa shape index (κ2) is 9.66. The molecule has 0 spiro atoms. The van der Waals surface area contributed by atoms with E-state index in [0.717, 1.165) is 0 Å². The van der Waals surface area contributed by atoms with Crippen molar-refractivity contribution in [3.05, 3.63) is 0 Å². The minimum Gasteiger partial charge on any atom is -0.396 e. The van der Waals surface area contributed by atoms with E-state index >= 15 is 0 Å². The summed E-state index contributed by atoms with van der Waals surface area (Å²) in [5.41, 5.74) is -1.32. The van der Waals surface area contributed by atoms with Gasteiger partial charge in [0.15, 0.2) is 0 Å². The molecule has 0 rings (SSSR count). The summed E-state index contributed by atoms with van der Waals surface area (Å²) in [6, 6.07) is 0. The molecule has 0 radical (unpaired) electrons. The summed E-state index contributed by atoms with van der Waals surface area (Å²) in [5, 5.41) is 38.6. The Morgan fingerprint density at radius 2 is 1.67 bits per heavy atom. The average molecular weight is 266 g/mol. The third kappa shape index (κ3) is 7.97. The van der Waals surface area contributed by atoms with Crippen LogP contribution in [0.25, 0.3) is 0 Å². The highest BCUT2D eigenvalue weighted by Gasteiger charge is 2.32. The Morgan fingerprint density at radius 3 is 2.11 bits per heavy atom. The molecule has 0 aliphatic rings. The summed E-state index contributed by atoms with van der Waals surface area (Å²) < 4.78 is 9.85. The van der Waals surface area contributed by atoms with Crippen LogP contribution in [0.15, 0.2) is 0 Å². The highest BCUT2D eigenvalue weighted by Crippen LogP contribution is 2.24. The van der Waals surface area contributed by atoms with Crippen molar-refractivity contribution in [2.75, 3.05) is 33.5 Å². The summed E-state index contributed by atoms with van der Waals surface area (Å²) in [5.74, 6) is 0. The molecule has 0 aromatic rings. The first-order chi connectivity index (χ1) is 8.47. The molecule has 0 aromatic carbocycles. The van der Waals surface area contributed by atoms with Crippen molar-refractivity contribution >= 4 is 0 Å². The topological polar surface area (TPSA) is 99.4 Å². The molecule has 0 heterocycles. The Bertz CT molecular complexity index is 201. The van der Waals surface area contributed by atoms with Gasteiger partial charge in [0.05, 0.1) is 31.0 Å². The van der Waals surface area contributed by atoms with Gasteiger partial charge in [-0.1, -0.05) is 0 Å². The SMILES string of the molecule is CCOCC(O)CC(O)(CCO)CC(O)COC. The maximum absolute atomic E-state index is 10.3. The lowest BCUT2D eigenvalue weighted by molar-refractivity contribution is -0.0808. The minimum absolute atomic E-state index is 0.0462. The zero-order valence-electron chi connectivity index (χ0n) is 11.2. The molecule has 0 aromatic heterocycles. The lowest BCUT2D eigenvalue weighted by Crippen LogP contribution is -2.40. The quantitative estimate of drug-likeness (QED) is 0.394. The first-order valence-corrected chi connectivity index (χ1v) is 6.23. The van der Waals surface area contributed by atoms with E-state index in [9.17, 15) is 15.3 Å². The Morgan fingerprint density at radius 1 is 1.11 bits per heavy atom. The van der Waals surface area contributed by atoms with Gasteiger partial charge in [-0.05, 0) is 13.3 Å². The smallest absolute Gasteiger partial charge is 0.0801 e. The lowest BCUT2D eigenvalue weighted by atomic mass is 9.87. The van der Waals surface area contributed by atoms with Crippen LogP contribution in [0.5, 0.6) is 0 Å². The Balaban J connectivity index is 4.30. The minimum atomic E-state index is -1.32. The molecule has 110 valence electrons. The second-order valence-corrected chi connectivity index (χ2v) is 4.53. The van der Waals surface area contributed by atoms with Gasteiger partial charge >= 0.3 is 0 Å². The summed E-state index contributed by atoms with van der Waals surface area (Å²) in [4.78, 5) is 0. The third-order valence-corrected chi connectivity index (χ3v) is 2.68. The van der Waals surface area contributed by atoms with E-state index in [1.807, 2.05) is 6.92 Å². The molecular formula is C12H26O6. The standard InChI is InChI=1S/C12H26O6/c1-3-18-9-11(15)7-12(16,4-5-13)6-10(14)8-17-2/h10-11,13-16H,3-9H2,1-2H3. The van der Waals surface area contributed by atoms with E-state index in [4.69, 9.17) is 14.6 Å². The predicted octanol–water partition coefficient (Wildman–Crippen LogP) is -0.715. The molecule has 4 N–H and O–H groups in total. The highest BCUT2D eigenvalue weighted by molar-refractivity contribution is 4.84. The maximum atomic E-state index is 10.3. The average Bonchev–Trinajstić information content (AvgIpc) is 2.26. The number of hydrogen-bond acceptors (Lipinski definition) is 6. The van der Waals surface area contributed by atoms with Crippen LogP contribution in [0.2, 0.25) is 0 Å². The number of rotatable bonds is 11. The van der Waals surface area contributed by atoms with Crippen molar-refractivity contribution in [3.63, 3.8) is 0 Å². The van der Waals surface area contributed by atoms with Crippen LogP contribution in [0, 0.1) is 0 Å². The van der Waals surface area contributed by atoms with Crippen molar-refractivity contribution in [1.29, 1.82) is 0 Å². The van der Waals surface area contributed by atoms with Gasteiger partial charge in [-0.3, -0.25) is 0 Å². The number of ether oxygens (including phenoxy) is 2. The summed E-state index contributed by atoms with van der Waals surface area (Å²) >= 11 is 0. The van der Waals surface area contributed by atoms with Gasteiger partial charge in [0.25, 0.3) is 0 Å². The monoisotopic (exact) mass is 266 g/mol. The van der Waals surface area contributed by atoms with Crippen molar-refractivity contribution in [2.24, 2.45) is 0 Å². The van der Waals surface area contributed by atoms with Crippen molar-refractivity contribution in [3.8, 4) is 0 Å². The fourth-order valence-electron chi connectivity index (χ4n) is 1.94. The van der Waals surface area contributed by atoms with Crippen molar-refractivity contribution in [1.82, 2.24) is 0 Å². The van der Waals surface area contributed by atoms with Crippen LogP contribution in [-0.2, 0) is 9.47 Å². The van der Waals surface area contributed by atoms with Crippen LogP contribution in [0.4, 0.5) is 0 Å². The van der Waals surface area contributed by atoms with E-state index in [1.165, 1.54) is 7.11 Å². The summed E-state index contributed by atoms with van der Waals surface area (Å²) in [6.07, 6.45) is -1.46. The van der Waals surface area contributed by atoms with Gasteiger partial charge in [0.1, 0.15) is 0 Å². The molecular weight excluding hydrogens is 240 g/mol. The summed E-state index contributed by atoms with van der Waals surface area (Å²) in [6.45, 7) is 2.33. The number of aliphatic hydroxyl groups is 4. The van der Waals surface area contributed by atoms with Gasteiger partial charge in [-0.25, -0.2) is 0 Å². The van der Waals surface area contributed by atoms with Crippen LogP contribution < -0.4 is 0 Å². The van der Waals surface area contributed by atoms with Crippen molar-refractivity contribution < 1.29 is 29.9 Å². The molecule has 0 fully saturated rings. The normalized spacial score (nSPS) is 18.3. The molecule has 0 saturated heterocycles. The van der Waals surface area contributed by atoms with E-state index in [1.54, 1.807) is 0 Å². The summed E-state index contributed by atoms with van der Waals surface area (Å²) in [7, 11) is 1.46. The van der Waals surface area contributed by atoms with Crippen LogP contribution >= 0.6 is 0 Å². The van der Waals surface area contributed by atoms with Gasteiger partial charge in [0, 0.05) is 33.2 Å². The molecule has 0 saturated carbocycles. The van der Waals surface area contributed by atoms with E-state index in [2.05, 4.69) is 0 Å². The largest absolute Gasteiger partial charge is 0.396 e. The number of aliphatic hydroxyl groups excluding tert-OH is 3. The zero-order chi connectivity index (χ0) is 14.0. The maximum Gasteiger partial charge on any atom is 0.0801 e. The van der Waals surface area contributed by atoms with Crippen LogP contribution in [0.1, 0.15) is 26.2 Å². The highest BCUT2D eigenvalue weighted by atomic mass is 16.5. The molecule has 6 heteroatoms. The first kappa shape index (κ1) is 17.8. The van der Waals surface area contributed by atoms with Crippen molar-refractivity contribution in [2.45, 2.75) is 44.0 Å². The Kier molecular flexibility index (Phi) is 9.53. The van der Waals surface area contributed by atoms with E-state index < -0.39 is 17.8 Å². The lowest BCUT2D eigenvalue weighted by Gasteiger charge is -2.31. The second-order valence-electron chi connectivity index (χ2n) is 4.53. The predicted molar refractivity (Wildman–Crippen MR) is 66.3 cm³/mol. The van der Waals surface area contributed by atoms with Gasteiger partial charge in [-0.15, -0.1) is 0 Å². The van der Waals surface area contributed by atoms with E-state index in [-0.39, 0.29) is 39.1 Å². The molecule has 0 bridgehead atoms. The molecule has 18 heavy (non-hydrogen) atoms. The number of hydrogen-bond donors (Lipinski definition) is 4. The van der Waals surface area contributed by atoms with Crippen LogP contribution in [-0.4, -0.2) is 71.8 Å². The third-order valence-electron chi connectivity index (χ3n) is 2.68. The van der Waals surface area contributed by atoms with Gasteiger partial charge < -0.3 is 29.9 Å².